The maximum absolute atomic E-state index is 5.39. The van der Waals surface area contributed by atoms with Crippen LogP contribution in [0.4, 0.5) is 0 Å². The predicted molar refractivity (Wildman–Crippen MR) is 60.0 cm³/mol. The molecule has 0 aliphatic carbocycles. The standard InChI is InChI=1S/C9H20N2OS/c1-3-7-12-8-6-11(2)5-4-9(10)13/h3-8H2,1-2H3,(H2,10,13). The summed E-state index contributed by atoms with van der Waals surface area (Å²) < 4.78 is 5.35. The van der Waals surface area contributed by atoms with E-state index in [1.54, 1.807) is 0 Å². The lowest BCUT2D eigenvalue weighted by Crippen LogP contribution is -2.27. The average Bonchev–Trinajstić information content (AvgIpc) is 2.09. The molecular formula is C9H20N2OS. The van der Waals surface area contributed by atoms with Gasteiger partial charge in [0.05, 0.1) is 11.6 Å². The van der Waals surface area contributed by atoms with Crippen molar-refractivity contribution in [2.75, 3.05) is 33.4 Å². The van der Waals surface area contributed by atoms with E-state index in [4.69, 9.17) is 22.7 Å². The van der Waals surface area contributed by atoms with Gasteiger partial charge in [0, 0.05) is 26.1 Å². The highest BCUT2D eigenvalue weighted by atomic mass is 32.1. The van der Waals surface area contributed by atoms with Crippen LogP contribution in [0.3, 0.4) is 0 Å². The van der Waals surface area contributed by atoms with Crippen molar-refractivity contribution in [3.63, 3.8) is 0 Å². The summed E-state index contributed by atoms with van der Waals surface area (Å²) in [5, 5.41) is 0. The van der Waals surface area contributed by atoms with Crippen LogP contribution in [-0.2, 0) is 4.74 Å². The average molecular weight is 204 g/mol. The summed E-state index contributed by atoms with van der Waals surface area (Å²) in [7, 11) is 2.05. The van der Waals surface area contributed by atoms with Crippen molar-refractivity contribution >= 4 is 17.2 Å². The van der Waals surface area contributed by atoms with Crippen LogP contribution in [0.25, 0.3) is 0 Å². The Hall–Kier alpha value is -0.190. The molecule has 3 nitrogen and oxygen atoms in total. The van der Waals surface area contributed by atoms with Crippen LogP contribution < -0.4 is 5.73 Å². The Morgan fingerprint density at radius 3 is 2.62 bits per heavy atom. The molecule has 0 aliphatic heterocycles. The zero-order valence-corrected chi connectivity index (χ0v) is 9.40. The molecular weight excluding hydrogens is 184 g/mol. The van der Waals surface area contributed by atoms with Crippen LogP contribution in [-0.4, -0.2) is 43.2 Å². The number of rotatable bonds is 8. The first-order valence-electron chi connectivity index (χ1n) is 4.71. The summed E-state index contributed by atoms with van der Waals surface area (Å²) in [5.41, 5.74) is 5.39. The fourth-order valence-electron chi connectivity index (χ4n) is 0.880. The van der Waals surface area contributed by atoms with E-state index in [-0.39, 0.29) is 0 Å². The molecule has 0 fully saturated rings. The van der Waals surface area contributed by atoms with E-state index in [0.29, 0.717) is 4.99 Å². The second-order valence-corrected chi connectivity index (χ2v) is 3.66. The van der Waals surface area contributed by atoms with Crippen molar-refractivity contribution in [1.29, 1.82) is 0 Å². The molecule has 0 radical (unpaired) electrons. The minimum Gasteiger partial charge on any atom is -0.393 e. The van der Waals surface area contributed by atoms with Crippen LogP contribution in [0.1, 0.15) is 19.8 Å². The number of hydrogen-bond acceptors (Lipinski definition) is 3. The molecule has 4 heteroatoms. The molecule has 0 aliphatic rings. The lowest BCUT2D eigenvalue weighted by Gasteiger charge is -2.15. The molecule has 0 saturated carbocycles. The van der Waals surface area contributed by atoms with Crippen LogP contribution in [0.15, 0.2) is 0 Å². The zero-order valence-electron chi connectivity index (χ0n) is 8.58. The van der Waals surface area contributed by atoms with Crippen molar-refractivity contribution in [2.45, 2.75) is 19.8 Å². The molecule has 0 saturated heterocycles. The highest BCUT2D eigenvalue weighted by Gasteiger charge is 1.98. The van der Waals surface area contributed by atoms with E-state index in [1.165, 1.54) is 0 Å². The summed E-state index contributed by atoms with van der Waals surface area (Å²) in [6, 6.07) is 0. The van der Waals surface area contributed by atoms with Crippen molar-refractivity contribution in [2.24, 2.45) is 5.73 Å². The second kappa shape index (κ2) is 8.41. The van der Waals surface area contributed by atoms with Gasteiger partial charge in [-0.3, -0.25) is 0 Å². The van der Waals surface area contributed by atoms with E-state index < -0.39 is 0 Å². The molecule has 0 unspecified atom stereocenters. The minimum absolute atomic E-state index is 0.585. The smallest absolute Gasteiger partial charge is 0.0740 e. The SMILES string of the molecule is CCCOCCN(C)CCC(N)=S. The monoisotopic (exact) mass is 204 g/mol. The van der Waals surface area contributed by atoms with Gasteiger partial charge in [-0.2, -0.15) is 0 Å². The van der Waals surface area contributed by atoms with Crippen molar-refractivity contribution in [3.8, 4) is 0 Å². The van der Waals surface area contributed by atoms with Crippen LogP contribution in [0.5, 0.6) is 0 Å². The van der Waals surface area contributed by atoms with Gasteiger partial charge >= 0.3 is 0 Å². The number of thiocarbonyl (C=S) groups is 1. The normalized spacial score (nSPS) is 10.7. The van der Waals surface area contributed by atoms with Crippen molar-refractivity contribution in [1.82, 2.24) is 4.90 Å². The maximum Gasteiger partial charge on any atom is 0.0740 e. The highest BCUT2D eigenvalue weighted by Crippen LogP contribution is 1.89. The van der Waals surface area contributed by atoms with Gasteiger partial charge in [0.25, 0.3) is 0 Å². The van der Waals surface area contributed by atoms with Gasteiger partial charge < -0.3 is 15.4 Å². The summed E-state index contributed by atoms with van der Waals surface area (Å²) >= 11 is 4.79. The lowest BCUT2D eigenvalue weighted by molar-refractivity contribution is 0.113. The number of ether oxygens (including phenoxy) is 1. The van der Waals surface area contributed by atoms with Crippen molar-refractivity contribution in [3.05, 3.63) is 0 Å². The quantitative estimate of drug-likeness (QED) is 0.473. The van der Waals surface area contributed by atoms with Gasteiger partial charge in [0.2, 0.25) is 0 Å². The number of likely N-dealkylation sites (N-methyl/N-ethyl adjacent to an activating group) is 1. The Labute approximate surface area is 86.2 Å². The molecule has 0 spiro atoms. The molecule has 0 aromatic carbocycles. The van der Waals surface area contributed by atoms with E-state index in [9.17, 15) is 0 Å². The molecule has 0 aromatic rings. The molecule has 0 aromatic heterocycles. The van der Waals surface area contributed by atoms with Gasteiger partial charge in [0.15, 0.2) is 0 Å². The van der Waals surface area contributed by atoms with Gasteiger partial charge in [-0.1, -0.05) is 19.1 Å². The predicted octanol–water partition coefficient (Wildman–Crippen LogP) is 1.02. The fraction of sp³-hybridized carbons (Fsp3) is 0.889. The summed E-state index contributed by atoms with van der Waals surface area (Å²) in [6.07, 6.45) is 1.87. The first kappa shape index (κ1) is 12.8. The van der Waals surface area contributed by atoms with Gasteiger partial charge in [-0.15, -0.1) is 0 Å². The third kappa shape index (κ3) is 9.73. The Morgan fingerprint density at radius 2 is 2.08 bits per heavy atom. The first-order chi connectivity index (χ1) is 6.16. The van der Waals surface area contributed by atoms with Crippen molar-refractivity contribution < 1.29 is 4.74 Å². The molecule has 0 rings (SSSR count). The van der Waals surface area contributed by atoms with E-state index in [0.717, 1.165) is 39.1 Å². The van der Waals surface area contributed by atoms with E-state index >= 15 is 0 Å². The molecule has 0 heterocycles. The third-order valence-corrected chi connectivity index (χ3v) is 1.91. The fourth-order valence-corrected chi connectivity index (χ4v) is 0.971. The molecule has 13 heavy (non-hydrogen) atoms. The first-order valence-corrected chi connectivity index (χ1v) is 5.12. The largest absolute Gasteiger partial charge is 0.393 e. The minimum atomic E-state index is 0.585. The molecule has 78 valence electrons. The molecule has 0 bridgehead atoms. The topological polar surface area (TPSA) is 38.5 Å². The Balaban J connectivity index is 3.19. The molecule has 0 amide bonds. The Bertz CT molecular complexity index is 142. The van der Waals surface area contributed by atoms with Crippen LogP contribution in [0, 0.1) is 0 Å². The van der Waals surface area contributed by atoms with Crippen LogP contribution >= 0.6 is 12.2 Å². The maximum atomic E-state index is 5.39. The lowest BCUT2D eigenvalue weighted by atomic mass is 10.4. The van der Waals surface area contributed by atoms with Gasteiger partial charge in [0.1, 0.15) is 0 Å². The number of nitrogens with zero attached hydrogens (tertiary/aromatic N) is 1. The van der Waals surface area contributed by atoms with Gasteiger partial charge in [-0.25, -0.2) is 0 Å². The van der Waals surface area contributed by atoms with E-state index in [2.05, 4.69) is 11.8 Å². The zero-order chi connectivity index (χ0) is 10.1. The van der Waals surface area contributed by atoms with E-state index in [1.807, 2.05) is 7.05 Å². The highest BCUT2D eigenvalue weighted by molar-refractivity contribution is 7.80. The third-order valence-electron chi connectivity index (χ3n) is 1.71. The molecule has 2 N–H and O–H groups in total. The van der Waals surface area contributed by atoms with Gasteiger partial charge in [-0.05, 0) is 13.5 Å². The molecule has 0 atom stereocenters. The summed E-state index contributed by atoms with van der Waals surface area (Å²) in [5.74, 6) is 0. The number of hydrogen-bond donors (Lipinski definition) is 1. The number of nitrogens with two attached hydrogens (primary N) is 1. The Kier molecular flexibility index (Phi) is 8.29. The summed E-state index contributed by atoms with van der Waals surface area (Å²) in [6.45, 7) is 5.62. The van der Waals surface area contributed by atoms with Crippen LogP contribution in [0.2, 0.25) is 0 Å². The second-order valence-electron chi connectivity index (χ2n) is 3.13. The Morgan fingerprint density at radius 1 is 1.38 bits per heavy atom. The summed E-state index contributed by atoms with van der Waals surface area (Å²) in [4.78, 5) is 2.76.